The van der Waals surface area contributed by atoms with Crippen molar-refractivity contribution in [2.45, 2.75) is 12.8 Å². The minimum atomic E-state index is -2.94. The zero-order chi connectivity index (χ0) is 19.3. The number of rotatable bonds is 7. The van der Waals surface area contributed by atoms with Crippen molar-refractivity contribution in [3.8, 4) is 0 Å². The van der Waals surface area contributed by atoms with Gasteiger partial charge < -0.3 is 4.90 Å². The standard InChI is InChI=1S/C19H25N3O3S2/c1-27(24,25)12-11-21-7-9-22(10-8-21)19(23)14-17-15-26-18(20-17)13-16-5-3-2-4-6-16/h2-6,15H,7-14H2,1H3. The molecule has 1 aromatic heterocycles. The first kappa shape index (κ1) is 20.0. The summed E-state index contributed by atoms with van der Waals surface area (Å²) in [5, 5.41) is 2.99. The number of sulfone groups is 1. The van der Waals surface area contributed by atoms with Crippen molar-refractivity contribution < 1.29 is 13.2 Å². The Balaban J connectivity index is 1.46. The van der Waals surface area contributed by atoms with E-state index in [1.165, 1.54) is 11.8 Å². The van der Waals surface area contributed by atoms with Gasteiger partial charge in [-0.25, -0.2) is 13.4 Å². The smallest absolute Gasteiger partial charge is 0.228 e. The highest BCUT2D eigenvalue weighted by atomic mass is 32.2. The summed E-state index contributed by atoms with van der Waals surface area (Å²) < 4.78 is 22.5. The number of carbonyl (C=O) groups is 1. The van der Waals surface area contributed by atoms with Crippen molar-refractivity contribution in [2.75, 3.05) is 44.7 Å². The van der Waals surface area contributed by atoms with Crippen LogP contribution in [0.15, 0.2) is 35.7 Å². The van der Waals surface area contributed by atoms with Gasteiger partial charge in [0.25, 0.3) is 0 Å². The number of hydrogen-bond acceptors (Lipinski definition) is 6. The van der Waals surface area contributed by atoms with E-state index in [2.05, 4.69) is 22.0 Å². The number of benzene rings is 1. The van der Waals surface area contributed by atoms with Crippen molar-refractivity contribution in [2.24, 2.45) is 0 Å². The Morgan fingerprint density at radius 2 is 1.85 bits per heavy atom. The third-order valence-corrected chi connectivity index (χ3v) is 6.45. The molecule has 2 heterocycles. The molecule has 2 aromatic rings. The van der Waals surface area contributed by atoms with Gasteiger partial charge in [-0.15, -0.1) is 11.3 Å². The lowest BCUT2D eigenvalue weighted by Gasteiger charge is -2.34. The fourth-order valence-corrected chi connectivity index (χ4v) is 4.48. The second kappa shape index (κ2) is 8.95. The van der Waals surface area contributed by atoms with Gasteiger partial charge in [0, 0.05) is 50.8 Å². The topological polar surface area (TPSA) is 70.6 Å². The van der Waals surface area contributed by atoms with Gasteiger partial charge in [-0.3, -0.25) is 9.69 Å². The van der Waals surface area contributed by atoms with Gasteiger partial charge in [0.05, 0.1) is 22.9 Å². The number of piperazine rings is 1. The average molecular weight is 408 g/mol. The van der Waals surface area contributed by atoms with Crippen LogP contribution in [0.5, 0.6) is 0 Å². The molecular weight excluding hydrogens is 382 g/mol. The van der Waals surface area contributed by atoms with Crippen LogP contribution in [0, 0.1) is 0 Å². The maximum Gasteiger partial charge on any atom is 0.228 e. The van der Waals surface area contributed by atoms with Crippen LogP contribution in [0.1, 0.15) is 16.3 Å². The number of nitrogens with zero attached hydrogens (tertiary/aromatic N) is 3. The molecule has 27 heavy (non-hydrogen) atoms. The van der Waals surface area contributed by atoms with Gasteiger partial charge in [-0.2, -0.15) is 0 Å². The third-order valence-electron chi connectivity index (χ3n) is 4.63. The van der Waals surface area contributed by atoms with Crippen LogP contribution < -0.4 is 0 Å². The van der Waals surface area contributed by atoms with E-state index in [4.69, 9.17) is 0 Å². The summed E-state index contributed by atoms with van der Waals surface area (Å²) in [4.78, 5) is 21.1. The van der Waals surface area contributed by atoms with Crippen LogP contribution in [-0.2, 0) is 27.5 Å². The molecule has 0 unspecified atom stereocenters. The largest absolute Gasteiger partial charge is 0.340 e. The lowest BCUT2D eigenvalue weighted by atomic mass is 10.2. The van der Waals surface area contributed by atoms with Gasteiger partial charge in [0.1, 0.15) is 9.84 Å². The fourth-order valence-electron chi connectivity index (χ4n) is 3.06. The van der Waals surface area contributed by atoms with E-state index in [1.807, 2.05) is 28.5 Å². The first-order valence-corrected chi connectivity index (χ1v) is 12.0. The summed E-state index contributed by atoms with van der Waals surface area (Å²) in [6.45, 7) is 3.26. The summed E-state index contributed by atoms with van der Waals surface area (Å²) >= 11 is 1.60. The van der Waals surface area contributed by atoms with Crippen LogP contribution in [0.25, 0.3) is 0 Å². The van der Waals surface area contributed by atoms with Gasteiger partial charge >= 0.3 is 0 Å². The Kier molecular flexibility index (Phi) is 6.62. The summed E-state index contributed by atoms with van der Waals surface area (Å²) in [7, 11) is -2.94. The molecule has 0 bridgehead atoms. The minimum absolute atomic E-state index is 0.0920. The molecule has 0 radical (unpaired) electrons. The molecule has 0 spiro atoms. The molecule has 146 valence electrons. The Labute approximate surface area is 164 Å². The molecule has 3 rings (SSSR count). The number of thiazole rings is 1. The number of hydrogen-bond donors (Lipinski definition) is 0. The highest BCUT2D eigenvalue weighted by Crippen LogP contribution is 2.16. The SMILES string of the molecule is CS(=O)(=O)CCN1CCN(C(=O)Cc2csc(Cc3ccccc3)n2)CC1. The molecule has 0 atom stereocenters. The van der Waals surface area contributed by atoms with Gasteiger partial charge in [-0.05, 0) is 5.56 Å². The van der Waals surface area contributed by atoms with Crippen LogP contribution >= 0.6 is 11.3 Å². The molecule has 8 heteroatoms. The molecule has 1 amide bonds. The Morgan fingerprint density at radius 1 is 1.15 bits per heavy atom. The van der Waals surface area contributed by atoms with Crippen LogP contribution in [0.3, 0.4) is 0 Å². The van der Waals surface area contributed by atoms with Crippen LogP contribution in [-0.4, -0.2) is 73.8 Å². The predicted molar refractivity (Wildman–Crippen MR) is 108 cm³/mol. The van der Waals surface area contributed by atoms with Crippen molar-refractivity contribution in [3.05, 3.63) is 52.0 Å². The zero-order valence-corrected chi connectivity index (χ0v) is 17.1. The van der Waals surface area contributed by atoms with Crippen LogP contribution in [0.2, 0.25) is 0 Å². The molecule has 1 saturated heterocycles. The Morgan fingerprint density at radius 3 is 2.52 bits per heavy atom. The molecule has 0 N–H and O–H groups in total. The average Bonchev–Trinajstić information content (AvgIpc) is 3.07. The molecule has 1 aromatic carbocycles. The first-order chi connectivity index (χ1) is 12.9. The molecule has 0 saturated carbocycles. The summed E-state index contributed by atoms with van der Waals surface area (Å²) in [5.41, 5.74) is 2.05. The van der Waals surface area contributed by atoms with Gasteiger partial charge in [-0.1, -0.05) is 30.3 Å². The molecule has 1 aliphatic rings. The maximum absolute atomic E-state index is 12.5. The summed E-state index contributed by atoms with van der Waals surface area (Å²) in [5.74, 6) is 0.263. The highest BCUT2D eigenvalue weighted by Gasteiger charge is 2.22. The van der Waals surface area contributed by atoms with Gasteiger partial charge in [0.2, 0.25) is 5.91 Å². The van der Waals surface area contributed by atoms with E-state index in [-0.39, 0.29) is 11.7 Å². The van der Waals surface area contributed by atoms with Gasteiger partial charge in [0.15, 0.2) is 0 Å². The van der Waals surface area contributed by atoms with E-state index in [0.717, 1.165) is 30.2 Å². The van der Waals surface area contributed by atoms with E-state index < -0.39 is 9.84 Å². The summed E-state index contributed by atoms with van der Waals surface area (Å²) in [6.07, 6.45) is 2.38. The quantitative estimate of drug-likeness (QED) is 0.695. The normalized spacial score (nSPS) is 15.8. The Bertz CT molecular complexity index is 857. The zero-order valence-electron chi connectivity index (χ0n) is 15.5. The fraction of sp³-hybridized carbons (Fsp3) is 0.474. The molecular formula is C19H25N3O3S2. The highest BCUT2D eigenvalue weighted by molar-refractivity contribution is 7.90. The second-order valence-electron chi connectivity index (χ2n) is 6.92. The predicted octanol–water partition coefficient (Wildman–Crippen LogP) is 1.47. The number of aromatic nitrogens is 1. The first-order valence-electron chi connectivity index (χ1n) is 9.04. The minimum Gasteiger partial charge on any atom is -0.340 e. The molecule has 6 nitrogen and oxygen atoms in total. The van der Waals surface area contributed by atoms with E-state index in [9.17, 15) is 13.2 Å². The maximum atomic E-state index is 12.5. The third kappa shape index (κ3) is 6.41. The number of carbonyl (C=O) groups excluding carboxylic acids is 1. The van der Waals surface area contributed by atoms with E-state index in [1.54, 1.807) is 11.3 Å². The Hall–Kier alpha value is -1.77. The molecule has 0 aliphatic carbocycles. The van der Waals surface area contributed by atoms with Crippen molar-refractivity contribution in [1.82, 2.24) is 14.8 Å². The molecule has 1 aliphatic heterocycles. The lowest BCUT2D eigenvalue weighted by molar-refractivity contribution is -0.132. The lowest BCUT2D eigenvalue weighted by Crippen LogP contribution is -2.50. The summed E-state index contributed by atoms with van der Waals surface area (Å²) in [6, 6.07) is 10.2. The van der Waals surface area contributed by atoms with E-state index in [0.29, 0.717) is 26.1 Å². The van der Waals surface area contributed by atoms with Crippen LogP contribution in [0.4, 0.5) is 0 Å². The van der Waals surface area contributed by atoms with Crippen molar-refractivity contribution >= 4 is 27.1 Å². The number of amides is 1. The second-order valence-corrected chi connectivity index (χ2v) is 10.1. The molecule has 1 fully saturated rings. The monoisotopic (exact) mass is 407 g/mol. The van der Waals surface area contributed by atoms with Crippen molar-refractivity contribution in [1.29, 1.82) is 0 Å². The van der Waals surface area contributed by atoms with E-state index >= 15 is 0 Å². The van der Waals surface area contributed by atoms with Crippen molar-refractivity contribution in [3.63, 3.8) is 0 Å².